The summed E-state index contributed by atoms with van der Waals surface area (Å²) in [6.07, 6.45) is 12.3. The molecule has 28 heavy (non-hydrogen) atoms. The molecule has 0 heterocycles. The number of hydrogen-bond acceptors (Lipinski definition) is 1. The second kappa shape index (κ2) is 7.07. The maximum Gasteiger partial charge on any atom is 0.156 e. The molecule has 1 heteroatoms. The minimum atomic E-state index is 0.338. The summed E-state index contributed by atoms with van der Waals surface area (Å²) < 4.78 is 0. The van der Waals surface area contributed by atoms with Gasteiger partial charge in [-0.1, -0.05) is 41.8 Å². The normalized spacial score (nSPS) is 34.0. The SMILES string of the molecule is CC#C[C@@H]1CC[C@H]2[C@@H]3CCC4=CC(=O)CCC4=C3CC[C@]12Cc1ccccc1. The quantitative estimate of drug-likeness (QED) is 0.579. The first-order valence-corrected chi connectivity index (χ1v) is 11.1. The van der Waals surface area contributed by atoms with Crippen LogP contribution in [-0.4, -0.2) is 5.78 Å². The molecule has 4 aliphatic rings. The molecule has 1 nitrogen and oxygen atoms in total. The van der Waals surface area contributed by atoms with E-state index in [4.69, 9.17) is 0 Å². The summed E-state index contributed by atoms with van der Waals surface area (Å²) in [6.45, 7) is 2.01. The van der Waals surface area contributed by atoms with Crippen LogP contribution < -0.4 is 0 Å². The third kappa shape index (κ3) is 2.81. The van der Waals surface area contributed by atoms with Crippen LogP contribution in [0.5, 0.6) is 0 Å². The van der Waals surface area contributed by atoms with Crippen LogP contribution in [0.3, 0.4) is 0 Å². The maximum atomic E-state index is 11.9. The smallest absolute Gasteiger partial charge is 0.156 e. The fourth-order valence-corrected chi connectivity index (χ4v) is 7.06. The summed E-state index contributed by atoms with van der Waals surface area (Å²) in [6, 6.07) is 11.1. The number of hydrogen-bond donors (Lipinski definition) is 0. The van der Waals surface area contributed by atoms with E-state index in [1.807, 2.05) is 13.0 Å². The lowest BCUT2D eigenvalue weighted by Gasteiger charge is -2.50. The highest BCUT2D eigenvalue weighted by Gasteiger charge is 2.55. The van der Waals surface area contributed by atoms with E-state index in [2.05, 4.69) is 42.2 Å². The maximum absolute atomic E-state index is 11.9. The van der Waals surface area contributed by atoms with E-state index in [1.165, 1.54) is 49.7 Å². The Bertz CT molecular complexity index is 907. The van der Waals surface area contributed by atoms with Gasteiger partial charge in [-0.3, -0.25) is 4.79 Å². The van der Waals surface area contributed by atoms with Crippen molar-refractivity contribution in [3.05, 3.63) is 58.7 Å². The van der Waals surface area contributed by atoms with Crippen molar-refractivity contribution in [1.29, 1.82) is 0 Å². The van der Waals surface area contributed by atoms with Crippen LogP contribution in [-0.2, 0) is 11.2 Å². The minimum Gasteiger partial charge on any atom is -0.295 e. The van der Waals surface area contributed by atoms with Crippen LogP contribution in [0.15, 0.2) is 53.1 Å². The molecule has 0 spiro atoms. The Labute approximate surface area is 169 Å². The van der Waals surface area contributed by atoms with Gasteiger partial charge in [0.1, 0.15) is 0 Å². The van der Waals surface area contributed by atoms with Gasteiger partial charge < -0.3 is 0 Å². The molecule has 0 saturated heterocycles. The Morgan fingerprint density at radius 1 is 1.04 bits per heavy atom. The van der Waals surface area contributed by atoms with Crippen molar-refractivity contribution >= 4 is 5.78 Å². The molecule has 0 bridgehead atoms. The van der Waals surface area contributed by atoms with E-state index in [0.717, 1.165) is 31.1 Å². The monoisotopic (exact) mass is 370 g/mol. The van der Waals surface area contributed by atoms with E-state index in [-0.39, 0.29) is 0 Å². The van der Waals surface area contributed by atoms with Crippen molar-refractivity contribution in [2.75, 3.05) is 0 Å². The third-order valence-corrected chi connectivity index (χ3v) is 8.14. The summed E-state index contributed by atoms with van der Waals surface area (Å²) in [5.41, 5.74) is 6.50. The zero-order chi connectivity index (χ0) is 19.1. The zero-order valence-corrected chi connectivity index (χ0v) is 17.0. The Morgan fingerprint density at radius 2 is 1.89 bits per heavy atom. The highest BCUT2D eigenvalue weighted by atomic mass is 16.1. The van der Waals surface area contributed by atoms with Gasteiger partial charge in [-0.15, -0.1) is 5.92 Å². The van der Waals surface area contributed by atoms with E-state index in [9.17, 15) is 4.79 Å². The summed E-state index contributed by atoms with van der Waals surface area (Å²) in [5.74, 6) is 9.27. The fraction of sp³-hybridized carbons (Fsp3) is 0.519. The van der Waals surface area contributed by atoms with Gasteiger partial charge in [0.2, 0.25) is 0 Å². The van der Waals surface area contributed by atoms with Crippen molar-refractivity contribution in [2.45, 2.75) is 64.7 Å². The van der Waals surface area contributed by atoms with Gasteiger partial charge in [-0.2, -0.15) is 0 Å². The molecule has 0 radical (unpaired) electrons. The van der Waals surface area contributed by atoms with Crippen LogP contribution in [0.2, 0.25) is 0 Å². The van der Waals surface area contributed by atoms with Crippen LogP contribution in [0.1, 0.15) is 63.9 Å². The number of carbonyl (C=O) groups excluding carboxylic acids is 1. The number of ketones is 1. The van der Waals surface area contributed by atoms with E-state index < -0.39 is 0 Å². The molecule has 1 aromatic rings. The molecule has 4 atom stereocenters. The van der Waals surface area contributed by atoms with Gasteiger partial charge in [0.05, 0.1) is 0 Å². The highest BCUT2D eigenvalue weighted by Crippen LogP contribution is 2.63. The van der Waals surface area contributed by atoms with Gasteiger partial charge in [-0.25, -0.2) is 0 Å². The molecular weight excluding hydrogens is 340 g/mol. The first-order valence-electron chi connectivity index (χ1n) is 11.1. The van der Waals surface area contributed by atoms with Crippen LogP contribution in [0.4, 0.5) is 0 Å². The van der Waals surface area contributed by atoms with Crippen molar-refractivity contribution in [2.24, 2.45) is 23.2 Å². The Kier molecular flexibility index (Phi) is 4.54. The molecule has 0 aliphatic heterocycles. The number of allylic oxidation sites excluding steroid dienone is 4. The Balaban J connectivity index is 1.54. The first-order chi connectivity index (χ1) is 13.7. The summed E-state index contributed by atoms with van der Waals surface area (Å²) in [5, 5.41) is 0. The van der Waals surface area contributed by atoms with Crippen molar-refractivity contribution < 1.29 is 4.79 Å². The van der Waals surface area contributed by atoms with E-state index in [1.54, 1.807) is 11.1 Å². The number of fused-ring (bicyclic) bond motifs is 4. The molecule has 5 rings (SSSR count). The second-order valence-corrected chi connectivity index (χ2v) is 9.31. The predicted octanol–water partition coefficient (Wildman–Crippen LogP) is 6.05. The highest BCUT2D eigenvalue weighted by molar-refractivity contribution is 5.93. The lowest BCUT2D eigenvalue weighted by atomic mass is 9.54. The average molecular weight is 371 g/mol. The molecule has 1 aromatic carbocycles. The molecular formula is C27H30O. The van der Waals surface area contributed by atoms with Crippen LogP contribution in [0.25, 0.3) is 0 Å². The average Bonchev–Trinajstić information content (AvgIpc) is 3.07. The third-order valence-electron chi connectivity index (χ3n) is 8.14. The summed E-state index contributed by atoms with van der Waals surface area (Å²) in [7, 11) is 0. The van der Waals surface area contributed by atoms with E-state index >= 15 is 0 Å². The van der Waals surface area contributed by atoms with Crippen molar-refractivity contribution in [1.82, 2.24) is 0 Å². The predicted molar refractivity (Wildman–Crippen MR) is 114 cm³/mol. The molecule has 2 saturated carbocycles. The lowest BCUT2D eigenvalue weighted by Crippen LogP contribution is -2.43. The number of carbonyl (C=O) groups is 1. The van der Waals surface area contributed by atoms with Gasteiger partial charge in [-0.05, 0) is 98.3 Å². The molecule has 0 unspecified atom stereocenters. The zero-order valence-electron chi connectivity index (χ0n) is 17.0. The first kappa shape index (κ1) is 18.0. The molecule has 4 aliphatic carbocycles. The largest absolute Gasteiger partial charge is 0.295 e. The van der Waals surface area contributed by atoms with Crippen LogP contribution >= 0.6 is 0 Å². The van der Waals surface area contributed by atoms with E-state index in [0.29, 0.717) is 17.1 Å². The number of benzene rings is 1. The Morgan fingerprint density at radius 3 is 2.71 bits per heavy atom. The molecule has 0 aromatic heterocycles. The van der Waals surface area contributed by atoms with Gasteiger partial charge in [0, 0.05) is 12.3 Å². The van der Waals surface area contributed by atoms with Crippen molar-refractivity contribution in [3.63, 3.8) is 0 Å². The fourth-order valence-electron chi connectivity index (χ4n) is 7.06. The second-order valence-electron chi connectivity index (χ2n) is 9.31. The lowest BCUT2D eigenvalue weighted by molar-refractivity contribution is -0.114. The Hall–Kier alpha value is -2.07. The van der Waals surface area contributed by atoms with Gasteiger partial charge >= 0.3 is 0 Å². The number of rotatable bonds is 2. The van der Waals surface area contributed by atoms with Crippen molar-refractivity contribution in [3.8, 4) is 11.8 Å². The standard InChI is InChI=1S/C27H30O/c1-2-6-21-10-14-26-25-12-9-20-17-22(28)11-13-23(20)24(25)15-16-27(21,26)18-19-7-4-3-5-8-19/h3-5,7-8,17,21,25-26H,9-16,18H2,1H3/t21-,25-,26+,27+/m1/s1. The summed E-state index contributed by atoms with van der Waals surface area (Å²) >= 11 is 0. The summed E-state index contributed by atoms with van der Waals surface area (Å²) in [4.78, 5) is 11.9. The topological polar surface area (TPSA) is 17.1 Å². The van der Waals surface area contributed by atoms with Gasteiger partial charge in [0.15, 0.2) is 5.78 Å². The molecule has 0 amide bonds. The minimum absolute atomic E-state index is 0.338. The molecule has 0 N–H and O–H groups in total. The van der Waals surface area contributed by atoms with Gasteiger partial charge in [0.25, 0.3) is 0 Å². The van der Waals surface area contributed by atoms with Crippen LogP contribution in [0, 0.1) is 35.0 Å². The molecule has 144 valence electrons. The molecule has 2 fully saturated rings.